The molecule has 0 amide bonds. The zero-order valence-corrected chi connectivity index (χ0v) is 10.7. The molecule has 0 saturated carbocycles. The summed E-state index contributed by atoms with van der Waals surface area (Å²) in [6.07, 6.45) is 5.30. The highest BCUT2D eigenvalue weighted by Crippen LogP contribution is 2.29. The smallest absolute Gasteiger partial charge is 0.161 e. The first-order chi connectivity index (χ1) is 9.36. The van der Waals surface area contributed by atoms with E-state index in [0.29, 0.717) is 0 Å². The first-order valence-corrected chi connectivity index (χ1v) is 6.17. The van der Waals surface area contributed by atoms with Crippen molar-refractivity contribution in [3.8, 4) is 11.5 Å². The van der Waals surface area contributed by atoms with Crippen LogP contribution in [0.5, 0.6) is 11.5 Å². The Morgan fingerprint density at radius 3 is 2.63 bits per heavy atom. The number of para-hydroxylation sites is 2. The largest absolute Gasteiger partial charge is 0.493 e. The number of nitrogens with zero attached hydrogens (tertiary/aromatic N) is 3. The van der Waals surface area contributed by atoms with Crippen molar-refractivity contribution in [2.24, 2.45) is 0 Å². The molecule has 2 heterocycles. The van der Waals surface area contributed by atoms with Crippen LogP contribution in [0.25, 0.3) is 0 Å². The molecule has 1 aliphatic rings. The van der Waals surface area contributed by atoms with Crippen LogP contribution in [0.3, 0.4) is 0 Å². The summed E-state index contributed by atoms with van der Waals surface area (Å²) in [6.45, 7) is 1.63. The molecule has 19 heavy (non-hydrogen) atoms. The monoisotopic (exact) mass is 257 g/mol. The Balaban J connectivity index is 1.60. The average molecular weight is 257 g/mol. The first-order valence-electron chi connectivity index (χ1n) is 6.17. The van der Waals surface area contributed by atoms with E-state index in [9.17, 15) is 0 Å². The lowest BCUT2D eigenvalue weighted by molar-refractivity contribution is 0.160. The zero-order valence-electron chi connectivity index (χ0n) is 10.7. The van der Waals surface area contributed by atoms with Crippen LogP contribution in [0, 0.1) is 0 Å². The molecular weight excluding hydrogens is 242 g/mol. The average Bonchev–Trinajstić information content (AvgIpc) is 2.43. The van der Waals surface area contributed by atoms with Gasteiger partial charge in [-0.15, -0.1) is 0 Å². The van der Waals surface area contributed by atoms with E-state index in [1.54, 1.807) is 25.7 Å². The third-order valence-corrected chi connectivity index (χ3v) is 3.08. The summed E-state index contributed by atoms with van der Waals surface area (Å²) in [6, 6.07) is 7.69. The predicted molar refractivity (Wildman–Crippen MR) is 71.7 cm³/mol. The van der Waals surface area contributed by atoms with Gasteiger partial charge in [0.15, 0.2) is 11.5 Å². The van der Waals surface area contributed by atoms with Gasteiger partial charge < -0.3 is 14.4 Å². The van der Waals surface area contributed by atoms with E-state index in [-0.39, 0.29) is 6.10 Å². The molecule has 0 spiro atoms. The molecule has 0 bridgehead atoms. The number of ether oxygens (including phenoxy) is 2. The molecule has 0 unspecified atom stereocenters. The van der Waals surface area contributed by atoms with Crippen molar-refractivity contribution in [1.29, 1.82) is 0 Å². The maximum Gasteiger partial charge on any atom is 0.161 e. The highest BCUT2D eigenvalue weighted by molar-refractivity contribution is 5.42. The van der Waals surface area contributed by atoms with E-state index in [1.165, 1.54) is 0 Å². The van der Waals surface area contributed by atoms with E-state index in [0.717, 1.165) is 30.4 Å². The summed E-state index contributed by atoms with van der Waals surface area (Å²) >= 11 is 0. The van der Waals surface area contributed by atoms with E-state index in [4.69, 9.17) is 9.47 Å². The van der Waals surface area contributed by atoms with Crippen LogP contribution < -0.4 is 14.4 Å². The topological polar surface area (TPSA) is 47.5 Å². The van der Waals surface area contributed by atoms with Gasteiger partial charge in [0.2, 0.25) is 0 Å². The molecule has 0 aliphatic carbocycles. The van der Waals surface area contributed by atoms with Crippen molar-refractivity contribution < 1.29 is 9.47 Å². The number of anilines is 1. The Hall–Kier alpha value is -2.30. The highest BCUT2D eigenvalue weighted by Gasteiger charge is 2.30. The van der Waals surface area contributed by atoms with E-state index in [1.807, 2.05) is 24.3 Å². The number of rotatable bonds is 4. The maximum absolute atomic E-state index is 5.91. The highest BCUT2D eigenvalue weighted by atomic mass is 16.5. The second kappa shape index (κ2) is 5.14. The molecule has 1 aromatic carbocycles. The lowest BCUT2D eigenvalue weighted by Gasteiger charge is -2.39. The number of benzene rings is 1. The Morgan fingerprint density at radius 2 is 1.95 bits per heavy atom. The minimum Gasteiger partial charge on any atom is -0.493 e. The number of aromatic nitrogens is 2. The summed E-state index contributed by atoms with van der Waals surface area (Å²) in [7, 11) is 1.65. The summed E-state index contributed by atoms with van der Waals surface area (Å²) in [5.41, 5.74) is 0. The van der Waals surface area contributed by atoms with Gasteiger partial charge in [0.1, 0.15) is 11.9 Å². The van der Waals surface area contributed by atoms with E-state index >= 15 is 0 Å². The molecule has 5 nitrogen and oxygen atoms in total. The number of hydrogen-bond acceptors (Lipinski definition) is 5. The van der Waals surface area contributed by atoms with Crippen LogP contribution >= 0.6 is 0 Å². The standard InChI is InChI=1S/C14H15N3O2/c1-18-12-4-2-3-5-13(12)19-11-9-17(10-11)14-8-15-6-7-16-14/h2-8,11H,9-10H2,1H3. The van der Waals surface area contributed by atoms with Gasteiger partial charge in [0.05, 0.1) is 26.4 Å². The van der Waals surface area contributed by atoms with Gasteiger partial charge in [-0.2, -0.15) is 0 Å². The third kappa shape index (κ3) is 2.45. The molecule has 0 radical (unpaired) electrons. The molecule has 3 rings (SSSR count). The van der Waals surface area contributed by atoms with Gasteiger partial charge in [-0.25, -0.2) is 4.98 Å². The van der Waals surface area contributed by atoms with Gasteiger partial charge in [-0.3, -0.25) is 4.98 Å². The molecule has 1 aliphatic heterocycles. The van der Waals surface area contributed by atoms with Crippen molar-refractivity contribution >= 4 is 5.82 Å². The lowest BCUT2D eigenvalue weighted by atomic mass is 10.1. The van der Waals surface area contributed by atoms with Crippen LogP contribution in [-0.2, 0) is 0 Å². The Labute approximate surface area is 111 Å². The summed E-state index contributed by atoms with van der Waals surface area (Å²) < 4.78 is 11.2. The fraction of sp³-hybridized carbons (Fsp3) is 0.286. The van der Waals surface area contributed by atoms with Crippen molar-refractivity contribution in [1.82, 2.24) is 9.97 Å². The Bertz CT molecular complexity index is 541. The van der Waals surface area contributed by atoms with Gasteiger partial charge in [-0.05, 0) is 12.1 Å². The van der Waals surface area contributed by atoms with Crippen molar-refractivity contribution in [3.05, 3.63) is 42.9 Å². The zero-order chi connectivity index (χ0) is 13.1. The Kier molecular flexibility index (Phi) is 3.18. The predicted octanol–water partition coefficient (Wildman–Crippen LogP) is 1.75. The third-order valence-electron chi connectivity index (χ3n) is 3.08. The SMILES string of the molecule is COc1ccccc1OC1CN(c2cnccn2)C1. The lowest BCUT2D eigenvalue weighted by Crippen LogP contribution is -2.54. The Morgan fingerprint density at radius 1 is 1.16 bits per heavy atom. The number of hydrogen-bond donors (Lipinski definition) is 0. The van der Waals surface area contributed by atoms with Gasteiger partial charge >= 0.3 is 0 Å². The maximum atomic E-state index is 5.91. The van der Waals surface area contributed by atoms with Gasteiger partial charge in [0.25, 0.3) is 0 Å². The fourth-order valence-electron chi connectivity index (χ4n) is 2.05. The van der Waals surface area contributed by atoms with Gasteiger partial charge in [0, 0.05) is 12.4 Å². The second-order valence-electron chi connectivity index (χ2n) is 4.36. The molecular formula is C14H15N3O2. The second-order valence-corrected chi connectivity index (χ2v) is 4.36. The van der Waals surface area contributed by atoms with Crippen molar-refractivity contribution in [2.75, 3.05) is 25.1 Å². The first kappa shape index (κ1) is 11.8. The van der Waals surface area contributed by atoms with Crippen LogP contribution in [0.1, 0.15) is 0 Å². The van der Waals surface area contributed by atoms with Crippen LogP contribution in [-0.4, -0.2) is 36.3 Å². The molecule has 1 aromatic heterocycles. The normalized spacial score (nSPS) is 14.9. The molecule has 1 saturated heterocycles. The summed E-state index contributed by atoms with van der Waals surface area (Å²) in [5, 5.41) is 0. The molecule has 2 aromatic rings. The summed E-state index contributed by atoms with van der Waals surface area (Å²) in [5.74, 6) is 2.44. The number of methoxy groups -OCH3 is 1. The quantitative estimate of drug-likeness (QED) is 0.835. The molecule has 98 valence electrons. The minimum atomic E-state index is 0.165. The van der Waals surface area contributed by atoms with Crippen LogP contribution in [0.4, 0.5) is 5.82 Å². The molecule has 0 N–H and O–H groups in total. The molecule has 0 atom stereocenters. The van der Waals surface area contributed by atoms with Crippen LogP contribution in [0.15, 0.2) is 42.9 Å². The summed E-state index contributed by atoms with van der Waals surface area (Å²) in [4.78, 5) is 10.5. The van der Waals surface area contributed by atoms with Crippen molar-refractivity contribution in [2.45, 2.75) is 6.10 Å². The van der Waals surface area contributed by atoms with Crippen molar-refractivity contribution in [3.63, 3.8) is 0 Å². The minimum absolute atomic E-state index is 0.165. The fourth-order valence-corrected chi connectivity index (χ4v) is 2.05. The van der Waals surface area contributed by atoms with E-state index < -0.39 is 0 Å². The molecule has 5 heteroatoms. The van der Waals surface area contributed by atoms with Crippen LogP contribution in [0.2, 0.25) is 0 Å². The van der Waals surface area contributed by atoms with E-state index in [2.05, 4.69) is 14.9 Å². The molecule has 1 fully saturated rings. The van der Waals surface area contributed by atoms with Gasteiger partial charge in [-0.1, -0.05) is 12.1 Å².